The Hall–Kier alpha value is -1.58. The lowest BCUT2D eigenvalue weighted by atomic mass is 10.1. The normalized spacial score (nSPS) is 11.9. The first-order valence-corrected chi connectivity index (χ1v) is 9.29. The molecule has 0 radical (unpaired) electrons. The van der Waals surface area contributed by atoms with Gasteiger partial charge in [0.2, 0.25) is 5.95 Å². The number of aryl methyl sites for hydroxylation is 1. The first kappa shape index (κ1) is 19.5. The van der Waals surface area contributed by atoms with Crippen molar-refractivity contribution in [2.75, 3.05) is 5.73 Å². The average Bonchev–Trinajstić information content (AvgIpc) is 2.96. The molecule has 0 amide bonds. The number of hydrogen-bond donors (Lipinski definition) is 2. The summed E-state index contributed by atoms with van der Waals surface area (Å²) in [6.45, 7) is 2.25. The maximum absolute atomic E-state index is 5.47. The smallest absolute Gasteiger partial charge is 0.239 e. The van der Waals surface area contributed by atoms with E-state index in [2.05, 4.69) is 46.4 Å². The number of nitrogens with two attached hydrogens (primary N) is 1. The fourth-order valence-electron chi connectivity index (χ4n) is 2.53. The van der Waals surface area contributed by atoms with Crippen molar-refractivity contribution in [3.05, 3.63) is 30.1 Å². The van der Waals surface area contributed by atoms with Crippen molar-refractivity contribution in [1.82, 2.24) is 15.2 Å². The summed E-state index contributed by atoms with van der Waals surface area (Å²) in [6.07, 6.45) is 24.1. The number of aromatic amines is 1. The van der Waals surface area contributed by atoms with Crippen molar-refractivity contribution in [3.63, 3.8) is 0 Å². The SMILES string of the molecule is CCCCCC=CCC=CCCCCCCCc1nc(N)n[nH]1. The van der Waals surface area contributed by atoms with Crippen molar-refractivity contribution in [1.29, 1.82) is 0 Å². The molecule has 130 valence electrons. The van der Waals surface area contributed by atoms with Crippen molar-refractivity contribution in [3.8, 4) is 0 Å². The van der Waals surface area contributed by atoms with Gasteiger partial charge in [0.05, 0.1) is 0 Å². The molecule has 23 heavy (non-hydrogen) atoms. The summed E-state index contributed by atoms with van der Waals surface area (Å²) < 4.78 is 0. The van der Waals surface area contributed by atoms with E-state index in [0.29, 0.717) is 5.95 Å². The van der Waals surface area contributed by atoms with Crippen LogP contribution in [-0.4, -0.2) is 15.2 Å². The zero-order valence-electron chi connectivity index (χ0n) is 14.8. The Morgan fingerprint density at radius 1 is 0.870 bits per heavy atom. The minimum absolute atomic E-state index is 0.350. The number of nitrogen functional groups attached to an aromatic ring is 1. The third kappa shape index (κ3) is 11.6. The Balaban J connectivity index is 1.83. The molecule has 4 nitrogen and oxygen atoms in total. The maximum atomic E-state index is 5.47. The third-order valence-electron chi connectivity index (χ3n) is 3.91. The Morgan fingerprint density at radius 3 is 2.17 bits per heavy atom. The molecular formula is C19H34N4. The van der Waals surface area contributed by atoms with Gasteiger partial charge in [0.15, 0.2) is 0 Å². The summed E-state index contributed by atoms with van der Waals surface area (Å²) >= 11 is 0. The molecule has 0 atom stereocenters. The fraction of sp³-hybridized carbons (Fsp3) is 0.684. The van der Waals surface area contributed by atoms with Gasteiger partial charge in [0, 0.05) is 6.42 Å². The van der Waals surface area contributed by atoms with E-state index in [1.54, 1.807) is 0 Å². The Bertz CT molecular complexity index is 434. The molecule has 4 heteroatoms. The molecule has 0 saturated heterocycles. The summed E-state index contributed by atoms with van der Waals surface area (Å²) in [6, 6.07) is 0. The predicted octanol–water partition coefficient (Wildman–Crippen LogP) is 5.35. The van der Waals surface area contributed by atoms with Gasteiger partial charge in [-0.15, -0.1) is 5.10 Å². The monoisotopic (exact) mass is 318 g/mol. The molecule has 1 heterocycles. The second kappa shape index (κ2) is 14.0. The van der Waals surface area contributed by atoms with Gasteiger partial charge in [0.25, 0.3) is 0 Å². The molecule has 0 aliphatic carbocycles. The molecule has 0 unspecified atom stereocenters. The van der Waals surface area contributed by atoms with Crippen LogP contribution in [0.15, 0.2) is 24.3 Å². The van der Waals surface area contributed by atoms with Crippen LogP contribution >= 0.6 is 0 Å². The summed E-state index contributed by atoms with van der Waals surface area (Å²) in [7, 11) is 0. The quantitative estimate of drug-likeness (QED) is 0.359. The van der Waals surface area contributed by atoms with E-state index in [4.69, 9.17) is 5.73 Å². The highest BCUT2D eigenvalue weighted by Crippen LogP contribution is 2.08. The Labute approximate surface area is 141 Å². The van der Waals surface area contributed by atoms with Gasteiger partial charge in [-0.3, -0.25) is 5.10 Å². The van der Waals surface area contributed by atoms with Crippen LogP contribution in [0.5, 0.6) is 0 Å². The molecule has 0 saturated carbocycles. The molecule has 1 rings (SSSR count). The van der Waals surface area contributed by atoms with E-state index in [1.807, 2.05) is 0 Å². The Morgan fingerprint density at radius 2 is 1.52 bits per heavy atom. The lowest BCUT2D eigenvalue weighted by Crippen LogP contribution is -1.90. The molecule has 1 aromatic rings. The second-order valence-corrected chi connectivity index (χ2v) is 6.12. The number of allylic oxidation sites excluding steroid dienone is 4. The van der Waals surface area contributed by atoms with Crippen molar-refractivity contribution in [2.24, 2.45) is 0 Å². The van der Waals surface area contributed by atoms with Gasteiger partial charge in [0.1, 0.15) is 5.82 Å². The van der Waals surface area contributed by atoms with E-state index in [9.17, 15) is 0 Å². The molecule has 0 fully saturated rings. The highest BCUT2D eigenvalue weighted by Gasteiger charge is 1.98. The summed E-state index contributed by atoms with van der Waals surface area (Å²) in [5.41, 5.74) is 5.47. The molecule has 0 spiro atoms. The number of nitrogens with one attached hydrogen (secondary N) is 1. The van der Waals surface area contributed by atoms with Crippen LogP contribution in [0.1, 0.15) is 83.4 Å². The number of anilines is 1. The van der Waals surface area contributed by atoms with E-state index in [-0.39, 0.29) is 0 Å². The number of aromatic nitrogens is 3. The minimum atomic E-state index is 0.350. The number of unbranched alkanes of at least 4 members (excludes halogenated alkanes) is 8. The van der Waals surface area contributed by atoms with Gasteiger partial charge >= 0.3 is 0 Å². The molecule has 0 aliphatic heterocycles. The van der Waals surface area contributed by atoms with Gasteiger partial charge < -0.3 is 5.73 Å². The molecule has 0 bridgehead atoms. The zero-order valence-corrected chi connectivity index (χ0v) is 14.8. The fourth-order valence-corrected chi connectivity index (χ4v) is 2.53. The van der Waals surface area contributed by atoms with Crippen LogP contribution in [0.3, 0.4) is 0 Å². The molecule has 0 aromatic carbocycles. The molecular weight excluding hydrogens is 284 g/mol. The van der Waals surface area contributed by atoms with E-state index in [0.717, 1.165) is 25.1 Å². The predicted molar refractivity (Wildman–Crippen MR) is 99.2 cm³/mol. The van der Waals surface area contributed by atoms with E-state index in [1.165, 1.54) is 57.8 Å². The number of rotatable bonds is 14. The molecule has 0 aliphatic rings. The van der Waals surface area contributed by atoms with Gasteiger partial charge in [-0.25, -0.2) is 0 Å². The largest absolute Gasteiger partial charge is 0.367 e. The first-order chi connectivity index (χ1) is 11.3. The summed E-state index contributed by atoms with van der Waals surface area (Å²) in [5, 5.41) is 6.69. The highest BCUT2D eigenvalue weighted by molar-refractivity contribution is 5.12. The number of hydrogen-bond acceptors (Lipinski definition) is 3. The van der Waals surface area contributed by atoms with Crippen LogP contribution < -0.4 is 5.73 Å². The van der Waals surface area contributed by atoms with Crippen LogP contribution in [0, 0.1) is 0 Å². The van der Waals surface area contributed by atoms with Crippen molar-refractivity contribution < 1.29 is 0 Å². The minimum Gasteiger partial charge on any atom is -0.367 e. The number of H-pyrrole nitrogens is 1. The van der Waals surface area contributed by atoms with Crippen LogP contribution in [0.25, 0.3) is 0 Å². The van der Waals surface area contributed by atoms with Gasteiger partial charge in [-0.2, -0.15) is 4.98 Å². The summed E-state index contributed by atoms with van der Waals surface area (Å²) in [5.74, 6) is 1.26. The van der Waals surface area contributed by atoms with Crippen molar-refractivity contribution in [2.45, 2.75) is 84.0 Å². The van der Waals surface area contributed by atoms with Gasteiger partial charge in [-0.1, -0.05) is 63.3 Å². The first-order valence-electron chi connectivity index (χ1n) is 9.29. The highest BCUT2D eigenvalue weighted by atomic mass is 15.3. The number of nitrogens with zero attached hydrogens (tertiary/aromatic N) is 2. The second-order valence-electron chi connectivity index (χ2n) is 6.12. The van der Waals surface area contributed by atoms with E-state index >= 15 is 0 Å². The van der Waals surface area contributed by atoms with Gasteiger partial charge in [-0.05, 0) is 38.5 Å². The third-order valence-corrected chi connectivity index (χ3v) is 3.91. The molecule has 3 N–H and O–H groups in total. The lowest BCUT2D eigenvalue weighted by molar-refractivity contribution is 0.610. The summed E-state index contributed by atoms with van der Waals surface area (Å²) in [4.78, 5) is 4.11. The Kier molecular flexibility index (Phi) is 11.9. The topological polar surface area (TPSA) is 67.6 Å². The molecule has 1 aromatic heterocycles. The average molecular weight is 319 g/mol. The van der Waals surface area contributed by atoms with E-state index < -0.39 is 0 Å². The van der Waals surface area contributed by atoms with Crippen LogP contribution in [0.2, 0.25) is 0 Å². The zero-order chi connectivity index (χ0) is 16.6. The maximum Gasteiger partial charge on any atom is 0.239 e. The van der Waals surface area contributed by atoms with Crippen LogP contribution in [-0.2, 0) is 6.42 Å². The standard InChI is InChI=1S/C19H34N4/c1-2-3-4-5-6-7-8-9-10-11-12-13-14-15-16-17-18-21-19(20)23-22-18/h6-7,9-10H,2-5,8,11-17H2,1H3,(H3,20,21,22,23). The van der Waals surface area contributed by atoms with Crippen molar-refractivity contribution >= 4 is 5.95 Å². The van der Waals surface area contributed by atoms with Crippen LogP contribution in [0.4, 0.5) is 5.95 Å². The lowest BCUT2D eigenvalue weighted by Gasteiger charge is -1.99.